The number of hydrogen-bond donors (Lipinski definition) is 0. The van der Waals surface area contributed by atoms with E-state index in [0.29, 0.717) is 0 Å². The molecule has 1 aliphatic rings. The van der Waals surface area contributed by atoms with Crippen molar-refractivity contribution in [2.45, 2.75) is 17.7 Å². The highest BCUT2D eigenvalue weighted by Crippen LogP contribution is 2.30. The fraction of sp³-hybridized carbons (Fsp3) is 0.300. The van der Waals surface area contributed by atoms with E-state index in [1.807, 2.05) is 0 Å². The van der Waals surface area contributed by atoms with Gasteiger partial charge in [0.15, 0.2) is 6.61 Å². The molecule has 0 radical (unpaired) electrons. The van der Waals surface area contributed by atoms with E-state index in [4.69, 9.17) is 27.9 Å². The van der Waals surface area contributed by atoms with Crippen LogP contribution in [-0.4, -0.2) is 44.2 Å². The second kappa shape index (κ2) is 9.60. The number of ketones is 1. The van der Waals surface area contributed by atoms with Gasteiger partial charge in [0.25, 0.3) is 0 Å². The van der Waals surface area contributed by atoms with E-state index in [1.54, 1.807) is 0 Å². The Morgan fingerprint density at radius 2 is 1.74 bits per heavy atom. The second-order valence-electron chi connectivity index (χ2n) is 6.91. The highest BCUT2D eigenvalue weighted by molar-refractivity contribution is 7.89. The number of carbonyl (C=O) groups excluding carboxylic acids is 2. The lowest BCUT2D eigenvalue weighted by Gasteiger charge is -2.30. The first-order valence-corrected chi connectivity index (χ1v) is 11.4. The van der Waals surface area contributed by atoms with Crippen LogP contribution in [0.3, 0.4) is 0 Å². The highest BCUT2D eigenvalue weighted by Gasteiger charge is 2.34. The SMILES string of the molecule is O=C(COC(=O)C1CCN(S(=O)(=O)c2cc(Cl)ccc2Cl)CC1)c1cc(F)ccc1F. The lowest BCUT2D eigenvalue weighted by molar-refractivity contribution is -0.148. The number of piperidine rings is 1. The molecule has 2 aromatic rings. The van der Waals surface area contributed by atoms with Crippen LogP contribution in [0.1, 0.15) is 23.2 Å². The first-order valence-electron chi connectivity index (χ1n) is 9.19. The molecule has 1 saturated heterocycles. The van der Waals surface area contributed by atoms with Crippen LogP contribution in [0, 0.1) is 17.6 Å². The second-order valence-corrected chi connectivity index (χ2v) is 9.66. The van der Waals surface area contributed by atoms with Gasteiger partial charge in [-0.15, -0.1) is 0 Å². The summed E-state index contributed by atoms with van der Waals surface area (Å²) in [4.78, 5) is 24.2. The minimum absolute atomic E-state index is 0.0361. The zero-order valence-electron chi connectivity index (χ0n) is 16.0. The number of hydrogen-bond acceptors (Lipinski definition) is 5. The van der Waals surface area contributed by atoms with Gasteiger partial charge in [0, 0.05) is 18.1 Å². The predicted molar refractivity (Wildman–Crippen MR) is 110 cm³/mol. The Hall–Kier alpha value is -2.07. The monoisotopic (exact) mass is 491 g/mol. The van der Waals surface area contributed by atoms with Crippen molar-refractivity contribution < 1.29 is 31.5 Å². The van der Waals surface area contributed by atoms with Gasteiger partial charge >= 0.3 is 5.97 Å². The molecule has 3 rings (SSSR count). The zero-order valence-corrected chi connectivity index (χ0v) is 18.3. The topological polar surface area (TPSA) is 80.8 Å². The zero-order chi connectivity index (χ0) is 22.8. The fourth-order valence-corrected chi connectivity index (χ4v) is 5.40. The minimum Gasteiger partial charge on any atom is -0.457 e. The van der Waals surface area contributed by atoms with Gasteiger partial charge in [-0.2, -0.15) is 4.31 Å². The first-order chi connectivity index (χ1) is 14.6. The third-order valence-corrected chi connectivity index (χ3v) is 7.49. The van der Waals surface area contributed by atoms with Gasteiger partial charge in [0.1, 0.15) is 16.5 Å². The third-order valence-electron chi connectivity index (χ3n) is 4.87. The molecule has 0 bridgehead atoms. The van der Waals surface area contributed by atoms with Crippen molar-refractivity contribution in [3.8, 4) is 0 Å². The van der Waals surface area contributed by atoms with Crippen molar-refractivity contribution in [2.75, 3.05) is 19.7 Å². The van der Waals surface area contributed by atoms with Gasteiger partial charge in [-0.05, 0) is 49.2 Å². The molecule has 1 aliphatic heterocycles. The van der Waals surface area contributed by atoms with Gasteiger partial charge in [-0.3, -0.25) is 9.59 Å². The minimum atomic E-state index is -3.90. The summed E-state index contributed by atoms with van der Waals surface area (Å²) in [6.45, 7) is -0.662. The van der Waals surface area contributed by atoms with Gasteiger partial charge in [-0.1, -0.05) is 23.2 Å². The first kappa shape index (κ1) is 23.6. The van der Waals surface area contributed by atoms with Crippen LogP contribution in [0.5, 0.6) is 0 Å². The number of nitrogens with zero attached hydrogens (tertiary/aromatic N) is 1. The summed E-state index contributed by atoms with van der Waals surface area (Å²) in [6, 6.07) is 6.54. The molecule has 1 fully saturated rings. The Kier molecular flexibility index (Phi) is 7.31. The fourth-order valence-electron chi connectivity index (χ4n) is 3.19. The Balaban J connectivity index is 1.58. The van der Waals surface area contributed by atoms with Gasteiger partial charge in [0.05, 0.1) is 16.5 Å². The van der Waals surface area contributed by atoms with Crippen molar-refractivity contribution >= 4 is 45.0 Å². The molecule has 2 aromatic carbocycles. The number of carbonyl (C=O) groups is 2. The lowest BCUT2D eigenvalue weighted by Crippen LogP contribution is -2.40. The maximum Gasteiger partial charge on any atom is 0.309 e. The Morgan fingerprint density at radius 1 is 1.06 bits per heavy atom. The summed E-state index contributed by atoms with van der Waals surface area (Å²) in [6.07, 6.45) is 0.331. The molecule has 0 aromatic heterocycles. The van der Waals surface area contributed by atoms with E-state index in [-0.39, 0.29) is 40.9 Å². The van der Waals surface area contributed by atoms with E-state index < -0.39 is 51.5 Å². The molecule has 0 atom stereocenters. The van der Waals surface area contributed by atoms with E-state index in [9.17, 15) is 26.8 Å². The Labute approximate surface area is 187 Å². The molecule has 0 unspecified atom stereocenters. The molecule has 31 heavy (non-hydrogen) atoms. The molecular formula is C20H17Cl2F2NO5S. The molecule has 0 saturated carbocycles. The molecule has 6 nitrogen and oxygen atoms in total. The molecule has 0 amide bonds. The highest BCUT2D eigenvalue weighted by atomic mass is 35.5. The summed E-state index contributed by atoms with van der Waals surface area (Å²) in [5, 5.41) is 0.259. The summed E-state index contributed by atoms with van der Waals surface area (Å²) in [5.74, 6) is -3.92. The van der Waals surface area contributed by atoms with Crippen molar-refractivity contribution in [3.05, 3.63) is 63.6 Å². The number of halogens is 4. The summed E-state index contributed by atoms with van der Waals surface area (Å²) in [7, 11) is -3.90. The molecule has 0 aliphatic carbocycles. The molecule has 1 heterocycles. The van der Waals surface area contributed by atoms with E-state index >= 15 is 0 Å². The van der Waals surface area contributed by atoms with Crippen LogP contribution in [0.15, 0.2) is 41.3 Å². The van der Waals surface area contributed by atoms with Crippen molar-refractivity contribution in [3.63, 3.8) is 0 Å². The Bertz CT molecular complexity index is 1120. The van der Waals surface area contributed by atoms with Crippen molar-refractivity contribution in [1.82, 2.24) is 4.31 Å². The third kappa shape index (κ3) is 5.41. The maximum absolute atomic E-state index is 13.6. The van der Waals surface area contributed by atoms with Crippen molar-refractivity contribution in [2.24, 2.45) is 5.92 Å². The largest absolute Gasteiger partial charge is 0.457 e. The average molecular weight is 492 g/mol. The molecule has 166 valence electrons. The Morgan fingerprint density at radius 3 is 2.42 bits per heavy atom. The standard InChI is InChI=1S/C20H17Cl2F2NO5S/c21-13-1-3-16(22)19(9-13)31(28,29)25-7-5-12(6-8-25)20(27)30-11-18(26)15-10-14(23)2-4-17(15)24/h1-4,9-10,12H,5-8,11H2. The molecule has 0 N–H and O–H groups in total. The lowest BCUT2D eigenvalue weighted by atomic mass is 9.98. The van der Waals surface area contributed by atoms with E-state index in [2.05, 4.69) is 0 Å². The van der Waals surface area contributed by atoms with E-state index in [0.717, 1.165) is 18.2 Å². The number of esters is 1. The van der Waals surface area contributed by atoms with E-state index in [1.165, 1.54) is 22.5 Å². The van der Waals surface area contributed by atoms with Gasteiger partial charge in [-0.25, -0.2) is 17.2 Å². The number of sulfonamides is 1. The smallest absolute Gasteiger partial charge is 0.309 e. The molecule has 11 heteroatoms. The number of rotatable bonds is 6. The van der Waals surface area contributed by atoms with Crippen LogP contribution in [0.4, 0.5) is 8.78 Å². The van der Waals surface area contributed by atoms with Gasteiger partial charge < -0.3 is 4.74 Å². The summed E-state index contributed by atoms with van der Waals surface area (Å²) >= 11 is 11.9. The predicted octanol–water partition coefficient (Wildman–Crippen LogP) is 4.10. The van der Waals surface area contributed by atoms with Crippen LogP contribution in [-0.2, 0) is 19.6 Å². The van der Waals surface area contributed by atoms with Crippen LogP contribution in [0.2, 0.25) is 10.0 Å². The quantitative estimate of drug-likeness (QED) is 0.448. The number of Topliss-reactive ketones (excluding diaryl/α,β-unsaturated/α-hetero) is 1. The summed E-state index contributed by atoms with van der Waals surface area (Å²) in [5.41, 5.74) is -0.507. The molecular weight excluding hydrogens is 475 g/mol. The average Bonchev–Trinajstić information content (AvgIpc) is 2.75. The van der Waals surface area contributed by atoms with Crippen LogP contribution < -0.4 is 0 Å². The van der Waals surface area contributed by atoms with Crippen molar-refractivity contribution in [1.29, 1.82) is 0 Å². The summed E-state index contributed by atoms with van der Waals surface area (Å²) < 4.78 is 58.6. The van der Waals surface area contributed by atoms with Crippen LogP contribution >= 0.6 is 23.2 Å². The van der Waals surface area contributed by atoms with Gasteiger partial charge in [0.2, 0.25) is 15.8 Å². The maximum atomic E-state index is 13.6. The van der Waals surface area contributed by atoms with Crippen LogP contribution in [0.25, 0.3) is 0 Å². The normalized spacial score (nSPS) is 15.6. The number of ether oxygens (including phenoxy) is 1. The number of benzene rings is 2. The molecule has 0 spiro atoms.